The fourth-order valence-electron chi connectivity index (χ4n) is 5.14. The predicted molar refractivity (Wildman–Crippen MR) is 139 cm³/mol. The second-order valence-electron chi connectivity index (χ2n) is 9.86. The van der Waals surface area contributed by atoms with Crippen LogP contribution in [-0.2, 0) is 6.54 Å². The Balaban J connectivity index is 1.28. The lowest BCUT2D eigenvalue weighted by Gasteiger charge is -2.15. The first kappa shape index (κ1) is 23.5. The molecule has 1 saturated heterocycles. The molecule has 6 heterocycles. The molecule has 0 unspecified atom stereocenters. The smallest absolute Gasteiger partial charge is 0.261 e. The van der Waals surface area contributed by atoms with Gasteiger partial charge in [0.1, 0.15) is 16.9 Å². The molecule has 0 aliphatic carbocycles. The van der Waals surface area contributed by atoms with Gasteiger partial charge in [-0.25, -0.2) is 23.1 Å². The van der Waals surface area contributed by atoms with E-state index in [2.05, 4.69) is 30.1 Å². The van der Waals surface area contributed by atoms with Gasteiger partial charge in [0.15, 0.2) is 11.6 Å². The molecule has 0 bridgehead atoms. The third kappa shape index (κ3) is 4.13. The van der Waals surface area contributed by atoms with E-state index in [4.69, 9.17) is 4.98 Å². The molecule has 6 aromatic rings. The molecule has 0 spiro atoms. The van der Waals surface area contributed by atoms with Gasteiger partial charge in [0, 0.05) is 43.7 Å². The van der Waals surface area contributed by atoms with Crippen LogP contribution in [0.3, 0.4) is 0 Å². The number of para-hydroxylation sites is 1. The molecule has 0 radical (unpaired) electrons. The van der Waals surface area contributed by atoms with Gasteiger partial charge in [-0.2, -0.15) is 5.10 Å². The quantitative estimate of drug-likeness (QED) is 0.324. The summed E-state index contributed by atoms with van der Waals surface area (Å²) in [6.45, 7) is 2.21. The van der Waals surface area contributed by atoms with Crippen molar-refractivity contribution < 1.29 is 13.2 Å². The molecule has 1 fully saturated rings. The summed E-state index contributed by atoms with van der Waals surface area (Å²) >= 11 is 0. The fourth-order valence-corrected chi connectivity index (χ4v) is 5.14. The number of likely N-dealkylation sites (tertiary alicyclic amines) is 1. The fraction of sp³-hybridized carbons (Fsp3) is 0.222. The maximum Gasteiger partial charge on any atom is 0.261 e. The molecule has 1 aromatic carbocycles. The van der Waals surface area contributed by atoms with Crippen molar-refractivity contribution in [3.63, 3.8) is 0 Å². The van der Waals surface area contributed by atoms with E-state index in [-0.39, 0.29) is 24.0 Å². The highest BCUT2D eigenvalue weighted by atomic mass is 19.3. The average molecular weight is 530 g/mol. The number of H-pyrrole nitrogens is 2. The zero-order valence-electron chi connectivity index (χ0n) is 20.8. The number of nitrogens with zero attached hydrogens (tertiary/aromatic N) is 7. The zero-order chi connectivity index (χ0) is 26.7. The summed E-state index contributed by atoms with van der Waals surface area (Å²) in [4.78, 5) is 22.5. The number of imidazole rings is 2. The van der Waals surface area contributed by atoms with E-state index in [1.54, 1.807) is 23.5 Å². The van der Waals surface area contributed by atoms with Gasteiger partial charge in [-0.1, -0.05) is 6.07 Å². The van der Waals surface area contributed by atoms with Gasteiger partial charge in [0.05, 0.1) is 46.9 Å². The Morgan fingerprint density at radius 2 is 1.97 bits per heavy atom. The van der Waals surface area contributed by atoms with E-state index in [0.717, 1.165) is 16.9 Å². The number of hydrogen-bond acceptors (Lipinski definition) is 6. The summed E-state index contributed by atoms with van der Waals surface area (Å²) in [5, 5.41) is 7.44. The normalized spacial score (nSPS) is 15.6. The number of aryl methyl sites for hydroxylation is 1. The van der Waals surface area contributed by atoms with E-state index in [0.29, 0.717) is 46.8 Å². The number of aromatic nitrogens is 8. The van der Waals surface area contributed by atoms with Crippen LogP contribution in [0.1, 0.15) is 17.7 Å². The number of benzene rings is 1. The summed E-state index contributed by atoms with van der Waals surface area (Å²) in [5.41, 5.74) is 5.16. The van der Waals surface area contributed by atoms with Gasteiger partial charge in [0.2, 0.25) is 0 Å². The van der Waals surface area contributed by atoms with Gasteiger partial charge in [-0.15, -0.1) is 0 Å². The molecule has 39 heavy (non-hydrogen) atoms. The van der Waals surface area contributed by atoms with E-state index in [9.17, 15) is 8.78 Å². The zero-order valence-corrected chi connectivity index (χ0v) is 20.8. The molecule has 1 aliphatic heterocycles. The van der Waals surface area contributed by atoms with Crippen LogP contribution in [0.4, 0.5) is 13.2 Å². The van der Waals surface area contributed by atoms with Gasteiger partial charge in [0.25, 0.3) is 5.92 Å². The number of aromatic amines is 2. The summed E-state index contributed by atoms with van der Waals surface area (Å²) in [7, 11) is 0. The maximum atomic E-state index is 16.1. The van der Waals surface area contributed by atoms with E-state index < -0.39 is 11.7 Å². The van der Waals surface area contributed by atoms with Crippen LogP contribution in [-0.4, -0.2) is 63.6 Å². The Hall–Kier alpha value is -4.58. The van der Waals surface area contributed by atoms with Crippen molar-refractivity contribution in [2.45, 2.75) is 25.8 Å². The second kappa shape index (κ2) is 8.73. The lowest BCUT2D eigenvalue weighted by atomic mass is 10.1. The molecule has 0 amide bonds. The Morgan fingerprint density at radius 3 is 2.77 bits per heavy atom. The molecule has 9 nitrogen and oxygen atoms in total. The number of fused-ring (bicyclic) bond motifs is 2. The predicted octanol–water partition coefficient (Wildman–Crippen LogP) is 5.04. The number of alkyl halides is 2. The summed E-state index contributed by atoms with van der Waals surface area (Å²) in [6, 6.07) is 7.47. The van der Waals surface area contributed by atoms with Crippen LogP contribution >= 0.6 is 0 Å². The van der Waals surface area contributed by atoms with E-state index in [1.165, 1.54) is 12.4 Å². The Bertz CT molecular complexity index is 1850. The van der Waals surface area contributed by atoms with Gasteiger partial charge in [-0.05, 0) is 30.7 Å². The Kier molecular flexibility index (Phi) is 5.27. The molecule has 2 N–H and O–H groups in total. The van der Waals surface area contributed by atoms with Crippen molar-refractivity contribution in [3.05, 3.63) is 72.5 Å². The maximum absolute atomic E-state index is 16.1. The average Bonchev–Trinajstić information content (AvgIpc) is 3.70. The minimum absolute atomic E-state index is 0.0944. The minimum Gasteiger partial charge on any atom is -0.336 e. The van der Waals surface area contributed by atoms with Crippen LogP contribution < -0.4 is 0 Å². The standard InChI is InChI=1S/C27H22F3N9/c1-15-11-39(14-33-15)20-4-2-3-18-24(20)35-26(34-18)25-21-19(36-37-25)10-32-23(22(21)28)17-7-16(8-31-9-17)12-38-6-5-27(29,30)13-38/h2-4,7-11,14H,5-6,12-13H2,1H3,(H,34,35)(H,36,37). The molecule has 1 aliphatic rings. The number of hydrogen-bond donors (Lipinski definition) is 2. The van der Waals surface area contributed by atoms with Crippen LogP contribution in [0.25, 0.3) is 50.4 Å². The Morgan fingerprint density at radius 1 is 1.08 bits per heavy atom. The largest absolute Gasteiger partial charge is 0.336 e. The van der Waals surface area contributed by atoms with Gasteiger partial charge < -0.3 is 9.55 Å². The minimum atomic E-state index is -2.68. The van der Waals surface area contributed by atoms with Crippen LogP contribution in [0, 0.1) is 12.7 Å². The molecule has 7 rings (SSSR count). The molecular weight excluding hydrogens is 507 g/mol. The molecule has 0 atom stereocenters. The number of pyridine rings is 2. The highest BCUT2D eigenvalue weighted by Gasteiger charge is 2.38. The highest BCUT2D eigenvalue weighted by Crippen LogP contribution is 2.34. The third-order valence-electron chi connectivity index (χ3n) is 6.97. The van der Waals surface area contributed by atoms with Crippen molar-refractivity contribution in [1.29, 1.82) is 0 Å². The van der Waals surface area contributed by atoms with Crippen LogP contribution in [0.5, 0.6) is 0 Å². The van der Waals surface area contributed by atoms with Crippen molar-refractivity contribution in [2.24, 2.45) is 0 Å². The molecule has 196 valence electrons. The van der Waals surface area contributed by atoms with Crippen LogP contribution in [0.2, 0.25) is 0 Å². The summed E-state index contributed by atoms with van der Waals surface area (Å²) in [5.74, 6) is -2.86. The highest BCUT2D eigenvalue weighted by molar-refractivity contribution is 5.96. The van der Waals surface area contributed by atoms with Crippen LogP contribution in [0.15, 0.2) is 55.4 Å². The topological polar surface area (TPSA) is 104 Å². The second-order valence-corrected chi connectivity index (χ2v) is 9.86. The number of halogens is 3. The first-order chi connectivity index (χ1) is 18.8. The summed E-state index contributed by atoms with van der Waals surface area (Å²) < 4.78 is 45.2. The SMILES string of the molecule is Cc1cn(-c2cccc3[nH]c(-c4n[nH]c5cnc(-c6cncc(CN7CCC(F)(F)C7)c6)c(F)c45)nc23)cn1. The molecule has 0 saturated carbocycles. The molecular formula is C27H22F3N9. The van der Waals surface area contributed by atoms with Gasteiger partial charge >= 0.3 is 0 Å². The molecule has 5 aromatic heterocycles. The summed E-state index contributed by atoms with van der Waals surface area (Å²) in [6.07, 6.45) is 8.09. The van der Waals surface area contributed by atoms with E-state index >= 15 is 4.39 Å². The van der Waals surface area contributed by atoms with Gasteiger partial charge in [-0.3, -0.25) is 20.0 Å². The lowest BCUT2D eigenvalue weighted by molar-refractivity contribution is 0.0115. The van der Waals surface area contributed by atoms with Crippen molar-refractivity contribution in [3.8, 4) is 28.5 Å². The molecule has 12 heteroatoms. The van der Waals surface area contributed by atoms with Crippen molar-refractivity contribution >= 4 is 21.9 Å². The van der Waals surface area contributed by atoms with Crippen molar-refractivity contribution in [2.75, 3.05) is 13.1 Å². The number of nitrogens with one attached hydrogen (secondary N) is 2. The monoisotopic (exact) mass is 529 g/mol. The van der Waals surface area contributed by atoms with E-state index in [1.807, 2.05) is 35.9 Å². The first-order valence-electron chi connectivity index (χ1n) is 12.4. The Labute approximate surface area is 219 Å². The lowest BCUT2D eigenvalue weighted by Crippen LogP contribution is -2.24. The first-order valence-corrected chi connectivity index (χ1v) is 12.4. The van der Waals surface area contributed by atoms with Crippen molar-refractivity contribution in [1.82, 2.24) is 44.6 Å². The number of rotatable bonds is 5. The third-order valence-corrected chi connectivity index (χ3v) is 6.97.